The first-order valence-corrected chi connectivity index (χ1v) is 10.1. The second-order valence-electron chi connectivity index (χ2n) is 6.55. The molecule has 26 heavy (non-hydrogen) atoms. The van der Waals surface area contributed by atoms with E-state index in [2.05, 4.69) is 5.32 Å². The van der Waals surface area contributed by atoms with E-state index in [1.165, 1.54) is 4.31 Å². The van der Waals surface area contributed by atoms with Gasteiger partial charge in [-0.3, -0.25) is 4.79 Å². The van der Waals surface area contributed by atoms with Gasteiger partial charge in [-0.25, -0.2) is 8.42 Å². The lowest BCUT2D eigenvalue weighted by Gasteiger charge is -2.18. The molecule has 2 aromatic rings. The van der Waals surface area contributed by atoms with E-state index in [4.69, 9.17) is 0 Å². The number of carbonyl (C=O) groups excluding carboxylic acids is 1. The van der Waals surface area contributed by atoms with Crippen molar-refractivity contribution >= 4 is 15.9 Å². The van der Waals surface area contributed by atoms with Crippen molar-refractivity contribution in [3.63, 3.8) is 0 Å². The summed E-state index contributed by atoms with van der Waals surface area (Å²) in [4.78, 5) is 12.4. The van der Waals surface area contributed by atoms with Crippen LogP contribution in [0.2, 0.25) is 0 Å². The van der Waals surface area contributed by atoms with Crippen molar-refractivity contribution < 1.29 is 13.2 Å². The van der Waals surface area contributed by atoms with Gasteiger partial charge in [0.15, 0.2) is 0 Å². The molecule has 2 rings (SSSR count). The van der Waals surface area contributed by atoms with Gasteiger partial charge >= 0.3 is 0 Å². The van der Waals surface area contributed by atoms with Gasteiger partial charge in [-0.1, -0.05) is 36.8 Å². The number of benzene rings is 2. The van der Waals surface area contributed by atoms with Gasteiger partial charge in [-0.15, -0.1) is 0 Å². The highest BCUT2D eigenvalue weighted by molar-refractivity contribution is 7.89. The van der Waals surface area contributed by atoms with Gasteiger partial charge in [-0.05, 0) is 50.1 Å². The number of nitrogens with one attached hydrogen (secondary N) is 1. The molecule has 0 spiro atoms. The molecular formula is C20H26N2O3S. The second kappa shape index (κ2) is 8.47. The van der Waals surface area contributed by atoms with E-state index in [1.54, 1.807) is 55.6 Å². The largest absolute Gasteiger partial charge is 0.350 e. The predicted molar refractivity (Wildman–Crippen MR) is 103 cm³/mol. The lowest BCUT2D eigenvalue weighted by molar-refractivity contribution is 0.0939. The fourth-order valence-corrected chi connectivity index (χ4v) is 3.56. The molecule has 0 radical (unpaired) electrons. The molecule has 1 N–H and O–H groups in total. The molecule has 0 aromatic heterocycles. The van der Waals surface area contributed by atoms with Crippen LogP contribution in [0.15, 0.2) is 53.4 Å². The zero-order valence-electron chi connectivity index (χ0n) is 15.7. The summed E-state index contributed by atoms with van der Waals surface area (Å²) >= 11 is 0. The fraction of sp³-hybridized carbons (Fsp3) is 0.350. The molecule has 0 saturated carbocycles. The van der Waals surface area contributed by atoms with Gasteiger partial charge in [0.1, 0.15) is 0 Å². The van der Waals surface area contributed by atoms with Crippen LogP contribution in [-0.4, -0.2) is 31.7 Å². The smallest absolute Gasteiger partial charge is 0.251 e. The number of amides is 1. The Morgan fingerprint density at radius 3 is 2.19 bits per heavy atom. The molecule has 1 atom stereocenters. The van der Waals surface area contributed by atoms with Crippen molar-refractivity contribution in [1.29, 1.82) is 0 Å². The Bertz CT molecular complexity index is 844. The molecule has 5 nitrogen and oxygen atoms in total. The SMILES string of the molecule is CC[C@H](C)NC(=O)c1ccc(CN(C)S(=O)(=O)c2ccc(C)cc2)cc1. The van der Waals surface area contributed by atoms with E-state index in [0.29, 0.717) is 5.56 Å². The number of hydrogen-bond acceptors (Lipinski definition) is 3. The highest BCUT2D eigenvalue weighted by Gasteiger charge is 2.20. The first-order chi connectivity index (χ1) is 12.2. The van der Waals surface area contributed by atoms with Crippen molar-refractivity contribution in [2.45, 2.75) is 44.7 Å². The van der Waals surface area contributed by atoms with Crippen molar-refractivity contribution in [2.24, 2.45) is 0 Å². The number of aryl methyl sites for hydroxylation is 1. The van der Waals surface area contributed by atoms with Crippen LogP contribution in [-0.2, 0) is 16.6 Å². The molecule has 0 aliphatic carbocycles. The van der Waals surface area contributed by atoms with Crippen LogP contribution in [0.25, 0.3) is 0 Å². The average molecular weight is 375 g/mol. The maximum Gasteiger partial charge on any atom is 0.251 e. The third kappa shape index (κ3) is 4.93. The molecule has 0 aliphatic heterocycles. The summed E-state index contributed by atoms with van der Waals surface area (Å²) in [5, 5.41) is 2.91. The predicted octanol–water partition coefficient (Wildman–Crippen LogP) is 3.34. The zero-order valence-corrected chi connectivity index (χ0v) is 16.5. The minimum absolute atomic E-state index is 0.118. The molecule has 6 heteroatoms. The molecule has 0 unspecified atom stereocenters. The van der Waals surface area contributed by atoms with Gasteiger partial charge in [-0.2, -0.15) is 4.31 Å². The summed E-state index contributed by atoms with van der Waals surface area (Å²) in [6.07, 6.45) is 0.867. The first kappa shape index (κ1) is 20.1. The number of hydrogen-bond donors (Lipinski definition) is 1. The van der Waals surface area contributed by atoms with Crippen LogP contribution < -0.4 is 5.32 Å². The molecular weight excluding hydrogens is 348 g/mol. The van der Waals surface area contributed by atoms with E-state index >= 15 is 0 Å². The van der Waals surface area contributed by atoms with E-state index in [1.807, 2.05) is 20.8 Å². The molecule has 140 valence electrons. The Hall–Kier alpha value is -2.18. The quantitative estimate of drug-likeness (QED) is 0.808. The number of carbonyl (C=O) groups is 1. The number of rotatable bonds is 7. The summed E-state index contributed by atoms with van der Waals surface area (Å²) in [7, 11) is -1.99. The molecule has 1 amide bonds. The first-order valence-electron chi connectivity index (χ1n) is 8.67. The van der Waals surface area contributed by atoms with Crippen LogP contribution >= 0.6 is 0 Å². The number of nitrogens with zero attached hydrogens (tertiary/aromatic N) is 1. The summed E-state index contributed by atoms with van der Waals surface area (Å²) in [5.41, 5.74) is 2.40. The topological polar surface area (TPSA) is 66.5 Å². The van der Waals surface area contributed by atoms with E-state index in [-0.39, 0.29) is 23.4 Å². The summed E-state index contributed by atoms with van der Waals surface area (Å²) < 4.78 is 26.6. The van der Waals surface area contributed by atoms with Crippen LogP contribution in [0.3, 0.4) is 0 Å². The lowest BCUT2D eigenvalue weighted by Crippen LogP contribution is -2.31. The second-order valence-corrected chi connectivity index (χ2v) is 8.60. The van der Waals surface area contributed by atoms with E-state index < -0.39 is 10.0 Å². The number of sulfonamides is 1. The molecule has 0 aliphatic rings. The minimum Gasteiger partial charge on any atom is -0.350 e. The zero-order chi connectivity index (χ0) is 19.3. The van der Waals surface area contributed by atoms with E-state index in [0.717, 1.165) is 17.5 Å². The Balaban J connectivity index is 2.08. The van der Waals surface area contributed by atoms with Crippen LogP contribution in [0.5, 0.6) is 0 Å². The fourth-order valence-electron chi connectivity index (χ4n) is 2.40. The van der Waals surface area contributed by atoms with Crippen LogP contribution in [0.4, 0.5) is 0 Å². The maximum absolute atomic E-state index is 12.6. The normalized spacial score (nSPS) is 12.8. The standard InChI is InChI=1S/C20H26N2O3S/c1-5-16(3)21-20(23)18-10-8-17(9-11-18)14-22(4)26(24,25)19-12-6-15(2)7-13-19/h6-13,16H,5,14H2,1-4H3,(H,21,23)/t16-/m0/s1. The van der Waals surface area contributed by atoms with Gasteiger partial charge in [0, 0.05) is 25.2 Å². The van der Waals surface area contributed by atoms with Gasteiger partial charge in [0.25, 0.3) is 5.91 Å². The lowest BCUT2D eigenvalue weighted by atomic mass is 10.1. The molecule has 0 bridgehead atoms. The van der Waals surface area contributed by atoms with Crippen LogP contribution in [0.1, 0.15) is 41.8 Å². The summed E-state index contributed by atoms with van der Waals surface area (Å²) in [5.74, 6) is -0.119. The highest BCUT2D eigenvalue weighted by atomic mass is 32.2. The maximum atomic E-state index is 12.6. The molecule has 0 fully saturated rings. The molecule has 0 saturated heterocycles. The van der Waals surface area contributed by atoms with Gasteiger partial charge < -0.3 is 5.32 Å². The Morgan fingerprint density at radius 2 is 1.65 bits per heavy atom. The Labute approximate surface area is 156 Å². The van der Waals surface area contributed by atoms with Gasteiger partial charge in [0.2, 0.25) is 10.0 Å². The average Bonchev–Trinajstić information content (AvgIpc) is 2.62. The molecule has 2 aromatic carbocycles. The third-order valence-corrected chi connectivity index (χ3v) is 6.16. The summed E-state index contributed by atoms with van der Waals surface area (Å²) in [6.45, 7) is 6.12. The Morgan fingerprint density at radius 1 is 1.08 bits per heavy atom. The Kier molecular flexibility index (Phi) is 6.56. The molecule has 0 heterocycles. The van der Waals surface area contributed by atoms with Gasteiger partial charge in [0.05, 0.1) is 4.90 Å². The van der Waals surface area contributed by atoms with E-state index in [9.17, 15) is 13.2 Å². The monoisotopic (exact) mass is 374 g/mol. The van der Waals surface area contributed by atoms with Crippen LogP contribution in [0, 0.1) is 6.92 Å². The van der Waals surface area contributed by atoms with Crippen molar-refractivity contribution in [3.8, 4) is 0 Å². The van der Waals surface area contributed by atoms with Crippen molar-refractivity contribution in [1.82, 2.24) is 9.62 Å². The van der Waals surface area contributed by atoms with Crippen molar-refractivity contribution in [2.75, 3.05) is 7.05 Å². The minimum atomic E-state index is -3.55. The summed E-state index contributed by atoms with van der Waals surface area (Å²) in [6, 6.07) is 13.9. The van der Waals surface area contributed by atoms with Crippen molar-refractivity contribution in [3.05, 3.63) is 65.2 Å². The highest BCUT2D eigenvalue weighted by Crippen LogP contribution is 2.17. The third-order valence-electron chi connectivity index (χ3n) is 4.34.